The number of aromatic amines is 2. The number of nitrogens with two attached hydrogens (primary N) is 1. The van der Waals surface area contributed by atoms with Gasteiger partial charge in [0.15, 0.2) is 5.78 Å². The highest BCUT2D eigenvalue weighted by Crippen LogP contribution is 2.49. The van der Waals surface area contributed by atoms with E-state index in [-0.39, 0.29) is 22.6 Å². The highest BCUT2D eigenvalue weighted by atomic mass is 16.5. The molecule has 1 aliphatic carbocycles. The highest BCUT2D eigenvalue weighted by molar-refractivity contribution is 6.00. The van der Waals surface area contributed by atoms with Crippen LogP contribution in [-0.2, 0) is 4.79 Å². The van der Waals surface area contributed by atoms with E-state index in [2.05, 4.69) is 9.97 Å². The molecular formula is C19H19N3O4. The zero-order chi connectivity index (χ0) is 18.6. The van der Waals surface area contributed by atoms with Gasteiger partial charge in [0.25, 0.3) is 5.56 Å². The van der Waals surface area contributed by atoms with Crippen LogP contribution in [0.2, 0.25) is 0 Å². The van der Waals surface area contributed by atoms with Crippen LogP contribution >= 0.6 is 0 Å². The molecule has 0 radical (unpaired) electrons. The number of H-pyrrole nitrogens is 2. The number of anilines is 1. The number of hydrogen-bond donors (Lipinski definition) is 3. The van der Waals surface area contributed by atoms with Crippen molar-refractivity contribution in [2.75, 3.05) is 5.73 Å². The molecule has 7 nitrogen and oxygen atoms in total. The average molecular weight is 353 g/mol. The van der Waals surface area contributed by atoms with Crippen LogP contribution in [0.5, 0.6) is 5.75 Å². The quantitative estimate of drug-likeness (QED) is 0.723. The van der Waals surface area contributed by atoms with Gasteiger partial charge in [0, 0.05) is 24.0 Å². The Balaban J connectivity index is 2.03. The van der Waals surface area contributed by atoms with Gasteiger partial charge in [0.1, 0.15) is 17.3 Å². The number of aromatic nitrogens is 2. The maximum absolute atomic E-state index is 13.0. The second-order valence-electron chi connectivity index (χ2n) is 7.59. The molecule has 1 aliphatic heterocycles. The predicted molar refractivity (Wildman–Crippen MR) is 96.1 cm³/mol. The standard InChI is InChI=1S/C19H19N3O4/c1-19(2)7-10(23)14-12(8-19)26-11-6-4-3-5-9(11)13(14)15-16(20)21-18(25)22-17(15)24/h3-6,13H,7-8H2,1-2H3,(H4,20,21,22,24,25). The van der Waals surface area contributed by atoms with Gasteiger partial charge in [-0.2, -0.15) is 0 Å². The minimum absolute atomic E-state index is 0.0371. The number of para-hydroxylation sites is 1. The number of carbonyl (C=O) groups excluding carboxylic acids is 1. The van der Waals surface area contributed by atoms with Crippen molar-refractivity contribution < 1.29 is 9.53 Å². The minimum Gasteiger partial charge on any atom is -0.461 e. The first-order valence-corrected chi connectivity index (χ1v) is 8.42. The van der Waals surface area contributed by atoms with Gasteiger partial charge in [-0.05, 0) is 11.5 Å². The number of rotatable bonds is 1. The van der Waals surface area contributed by atoms with Gasteiger partial charge < -0.3 is 10.5 Å². The zero-order valence-electron chi connectivity index (χ0n) is 14.5. The van der Waals surface area contributed by atoms with E-state index in [0.29, 0.717) is 35.5 Å². The number of nitrogens with one attached hydrogen (secondary N) is 2. The van der Waals surface area contributed by atoms with E-state index in [1.54, 1.807) is 12.1 Å². The van der Waals surface area contributed by atoms with Crippen LogP contribution in [0.4, 0.5) is 5.82 Å². The molecule has 0 fully saturated rings. The number of hydrogen-bond acceptors (Lipinski definition) is 5. The summed E-state index contributed by atoms with van der Waals surface area (Å²) in [6.07, 6.45) is 0.940. The number of ketones is 1. The van der Waals surface area contributed by atoms with Crippen molar-refractivity contribution in [1.82, 2.24) is 9.97 Å². The van der Waals surface area contributed by atoms with Crippen LogP contribution < -0.4 is 21.7 Å². The minimum atomic E-state index is -0.679. The van der Waals surface area contributed by atoms with Crippen molar-refractivity contribution >= 4 is 11.6 Å². The normalized spacial score (nSPS) is 21.0. The SMILES string of the molecule is CC1(C)CC(=O)C2=C(C1)Oc1ccccc1C2c1c(N)[nH]c(=O)[nH]c1=O. The van der Waals surface area contributed by atoms with E-state index in [1.165, 1.54) is 0 Å². The lowest BCUT2D eigenvalue weighted by molar-refractivity contribution is -0.118. The molecule has 1 aromatic carbocycles. The smallest absolute Gasteiger partial charge is 0.327 e. The molecule has 134 valence electrons. The first kappa shape index (κ1) is 16.4. The molecule has 0 spiro atoms. The number of Topliss-reactive ketones (excluding diaryl/α,β-unsaturated/α-hetero) is 1. The van der Waals surface area contributed by atoms with Crippen LogP contribution in [0, 0.1) is 5.41 Å². The predicted octanol–water partition coefficient (Wildman–Crippen LogP) is 1.81. The first-order chi connectivity index (χ1) is 12.3. The van der Waals surface area contributed by atoms with Gasteiger partial charge in [0.05, 0.1) is 11.5 Å². The third kappa shape index (κ3) is 2.47. The van der Waals surface area contributed by atoms with E-state index in [9.17, 15) is 14.4 Å². The van der Waals surface area contributed by atoms with E-state index in [0.717, 1.165) is 0 Å². The molecule has 2 aromatic rings. The molecule has 4 rings (SSSR count). The van der Waals surface area contributed by atoms with E-state index >= 15 is 0 Å². The highest BCUT2D eigenvalue weighted by Gasteiger charge is 2.43. The fraction of sp³-hybridized carbons (Fsp3) is 0.316. The summed E-state index contributed by atoms with van der Waals surface area (Å²) in [5, 5.41) is 0. The molecule has 7 heteroatoms. The molecule has 0 amide bonds. The Morgan fingerprint density at radius 3 is 2.58 bits per heavy atom. The Labute approximate surface area is 148 Å². The third-order valence-electron chi connectivity index (χ3n) is 4.93. The lowest BCUT2D eigenvalue weighted by atomic mass is 9.70. The van der Waals surface area contributed by atoms with E-state index < -0.39 is 17.2 Å². The third-order valence-corrected chi connectivity index (χ3v) is 4.93. The number of fused-ring (bicyclic) bond motifs is 1. The van der Waals surface area contributed by atoms with Crippen LogP contribution in [0.1, 0.15) is 43.7 Å². The second kappa shape index (κ2) is 5.45. The van der Waals surface area contributed by atoms with Gasteiger partial charge in [-0.3, -0.25) is 19.6 Å². The van der Waals surface area contributed by atoms with Crippen molar-refractivity contribution in [2.24, 2.45) is 5.41 Å². The molecule has 0 saturated carbocycles. The molecule has 1 atom stereocenters. The number of nitrogen functional groups attached to an aromatic ring is 1. The largest absolute Gasteiger partial charge is 0.461 e. The summed E-state index contributed by atoms with van der Waals surface area (Å²) < 4.78 is 6.03. The Morgan fingerprint density at radius 2 is 1.85 bits per heavy atom. The molecule has 0 saturated heterocycles. The van der Waals surface area contributed by atoms with Crippen molar-refractivity contribution in [2.45, 2.75) is 32.6 Å². The topological polar surface area (TPSA) is 118 Å². The van der Waals surface area contributed by atoms with Gasteiger partial charge in [-0.15, -0.1) is 0 Å². The maximum atomic E-state index is 13.0. The first-order valence-electron chi connectivity index (χ1n) is 8.42. The molecule has 1 unspecified atom stereocenters. The number of ether oxygens (including phenoxy) is 1. The lowest BCUT2D eigenvalue weighted by Crippen LogP contribution is -2.36. The van der Waals surface area contributed by atoms with Gasteiger partial charge in [-0.25, -0.2) is 4.79 Å². The van der Waals surface area contributed by atoms with E-state index in [4.69, 9.17) is 10.5 Å². The Kier molecular flexibility index (Phi) is 3.44. The van der Waals surface area contributed by atoms with Crippen LogP contribution in [0.3, 0.4) is 0 Å². The summed E-state index contributed by atoms with van der Waals surface area (Å²) in [4.78, 5) is 41.7. The maximum Gasteiger partial charge on any atom is 0.327 e. The van der Waals surface area contributed by atoms with Crippen LogP contribution in [0.25, 0.3) is 0 Å². The molecular weight excluding hydrogens is 334 g/mol. The fourth-order valence-corrected chi connectivity index (χ4v) is 3.89. The van der Waals surface area contributed by atoms with Gasteiger partial charge in [-0.1, -0.05) is 32.0 Å². The van der Waals surface area contributed by atoms with Gasteiger partial charge >= 0.3 is 5.69 Å². The van der Waals surface area contributed by atoms with Crippen molar-refractivity contribution in [3.8, 4) is 5.75 Å². The molecule has 26 heavy (non-hydrogen) atoms. The monoisotopic (exact) mass is 353 g/mol. The van der Waals surface area contributed by atoms with E-state index in [1.807, 2.05) is 26.0 Å². The van der Waals surface area contributed by atoms with Crippen LogP contribution in [-0.4, -0.2) is 15.8 Å². The van der Waals surface area contributed by atoms with Crippen molar-refractivity contribution in [1.29, 1.82) is 0 Å². The fourth-order valence-electron chi connectivity index (χ4n) is 3.89. The summed E-state index contributed by atoms with van der Waals surface area (Å²) in [5.41, 5.74) is 5.78. The summed E-state index contributed by atoms with van der Waals surface area (Å²) >= 11 is 0. The Morgan fingerprint density at radius 1 is 1.12 bits per heavy atom. The second-order valence-corrected chi connectivity index (χ2v) is 7.59. The number of carbonyl (C=O) groups is 1. The number of allylic oxidation sites excluding steroid dienone is 2. The Hall–Kier alpha value is -3.09. The summed E-state index contributed by atoms with van der Waals surface area (Å²) in [5.74, 6) is 0.386. The molecule has 4 N–H and O–H groups in total. The Bertz CT molecular complexity index is 1070. The lowest BCUT2D eigenvalue weighted by Gasteiger charge is -2.38. The zero-order valence-corrected chi connectivity index (χ0v) is 14.5. The summed E-state index contributed by atoms with van der Waals surface area (Å²) in [6, 6.07) is 7.25. The molecule has 2 heterocycles. The van der Waals surface area contributed by atoms with Gasteiger partial charge in [0.2, 0.25) is 0 Å². The molecule has 2 aliphatic rings. The van der Waals surface area contributed by atoms with Crippen molar-refractivity contribution in [3.05, 3.63) is 67.6 Å². The summed E-state index contributed by atoms with van der Waals surface area (Å²) in [6.45, 7) is 4.02. The average Bonchev–Trinajstić information content (AvgIpc) is 2.51. The van der Waals surface area contributed by atoms with Crippen molar-refractivity contribution in [3.63, 3.8) is 0 Å². The number of benzene rings is 1. The molecule has 1 aromatic heterocycles. The summed E-state index contributed by atoms with van der Waals surface area (Å²) in [7, 11) is 0. The molecule has 0 bridgehead atoms. The van der Waals surface area contributed by atoms with Crippen LogP contribution in [0.15, 0.2) is 45.2 Å².